The smallest absolute Gasteiger partial charge is 0.408 e. The van der Waals surface area contributed by atoms with Gasteiger partial charge in [-0.1, -0.05) is 82.7 Å². The quantitative estimate of drug-likeness (QED) is 0.208. The molecule has 3 saturated carbocycles. The number of likely N-dealkylation sites (N-methyl/N-ethyl adjacent to an activating group) is 1. The fraction of sp³-hybridized carbons (Fsp3) is 0.683. The predicted molar refractivity (Wildman–Crippen MR) is 204 cm³/mol. The Bertz CT molecular complexity index is 1610. The molecule has 6 amide bonds. The van der Waals surface area contributed by atoms with Crippen LogP contribution in [0.5, 0.6) is 0 Å². The molecule has 4 aliphatic rings. The second-order valence-electron chi connectivity index (χ2n) is 17.7. The Hall–Kier alpha value is -4.49. The Morgan fingerprint density at radius 1 is 0.891 bits per heavy atom. The maximum absolute atomic E-state index is 14.5. The first-order valence-corrected chi connectivity index (χ1v) is 19.9. The number of amides is 6. The molecule has 4 N–H and O–H groups in total. The van der Waals surface area contributed by atoms with Crippen LogP contribution in [0.1, 0.15) is 104 Å². The van der Waals surface area contributed by atoms with Gasteiger partial charge in [-0.05, 0) is 74.7 Å². The number of benzene rings is 1. The van der Waals surface area contributed by atoms with E-state index in [4.69, 9.17) is 4.74 Å². The van der Waals surface area contributed by atoms with Crippen molar-refractivity contribution in [2.24, 2.45) is 29.1 Å². The summed E-state index contributed by atoms with van der Waals surface area (Å²) in [4.78, 5) is 97.7. The number of nitrogens with one attached hydrogen (secondary N) is 4. The minimum Gasteiger partial charge on any atom is -0.444 e. The highest BCUT2D eigenvalue weighted by Crippen LogP contribution is 2.65. The lowest BCUT2D eigenvalue weighted by molar-refractivity contribution is -0.145. The van der Waals surface area contributed by atoms with Gasteiger partial charge in [0.05, 0.1) is 12.6 Å². The Morgan fingerprint density at radius 3 is 2.13 bits per heavy atom. The number of hydrogen-bond donors (Lipinski definition) is 4. The molecule has 1 saturated heterocycles. The summed E-state index contributed by atoms with van der Waals surface area (Å²) in [5.74, 6) is -3.88. The first kappa shape index (κ1) is 41.7. The summed E-state index contributed by atoms with van der Waals surface area (Å²) < 4.78 is 5.54. The van der Waals surface area contributed by atoms with Gasteiger partial charge in [-0.15, -0.1) is 0 Å². The van der Waals surface area contributed by atoms with Crippen LogP contribution in [0.15, 0.2) is 30.3 Å². The number of carbonyl (C=O) groups excluding carboxylic acids is 7. The number of carbonyl (C=O) groups is 7. The molecule has 0 spiro atoms. The van der Waals surface area contributed by atoms with Crippen LogP contribution in [0.2, 0.25) is 0 Å². The third kappa shape index (κ3) is 10.0. The van der Waals surface area contributed by atoms with Crippen molar-refractivity contribution in [3.63, 3.8) is 0 Å². The van der Waals surface area contributed by atoms with Crippen LogP contribution in [0.25, 0.3) is 0 Å². The summed E-state index contributed by atoms with van der Waals surface area (Å²) in [6.07, 6.45) is 6.70. The molecule has 302 valence electrons. The molecule has 4 fully saturated rings. The molecule has 1 aromatic rings. The van der Waals surface area contributed by atoms with Crippen molar-refractivity contribution in [3.8, 4) is 0 Å². The summed E-state index contributed by atoms with van der Waals surface area (Å²) in [5.41, 5.74) is -0.423. The molecule has 1 heterocycles. The van der Waals surface area contributed by atoms with E-state index in [9.17, 15) is 33.6 Å². The topological polar surface area (TPSA) is 183 Å². The van der Waals surface area contributed by atoms with Gasteiger partial charge in [0.25, 0.3) is 5.91 Å². The van der Waals surface area contributed by atoms with Crippen LogP contribution in [-0.4, -0.2) is 102 Å². The molecule has 5 rings (SSSR count). The minimum absolute atomic E-state index is 0.0578. The van der Waals surface area contributed by atoms with Gasteiger partial charge in [0.1, 0.15) is 23.7 Å². The summed E-state index contributed by atoms with van der Waals surface area (Å²) in [6, 6.07) is 4.77. The van der Waals surface area contributed by atoms with Crippen molar-refractivity contribution in [3.05, 3.63) is 35.9 Å². The maximum Gasteiger partial charge on any atom is 0.408 e. The molecule has 0 bridgehead atoms. The number of hydrogen-bond acceptors (Lipinski definition) is 8. The fourth-order valence-electron chi connectivity index (χ4n) is 8.63. The molecule has 6 atom stereocenters. The Labute approximate surface area is 324 Å². The third-order valence-electron chi connectivity index (χ3n) is 12.0. The minimum atomic E-state index is -1.17. The van der Waals surface area contributed by atoms with Gasteiger partial charge >= 0.3 is 6.09 Å². The molecule has 3 aliphatic carbocycles. The lowest BCUT2D eigenvalue weighted by Crippen LogP contribution is -2.60. The van der Waals surface area contributed by atoms with E-state index in [2.05, 4.69) is 35.1 Å². The number of rotatable bonds is 14. The zero-order chi connectivity index (χ0) is 40.2. The van der Waals surface area contributed by atoms with E-state index in [1.54, 1.807) is 70.1 Å². The molecule has 1 aromatic carbocycles. The molecule has 1 aliphatic heterocycles. The van der Waals surface area contributed by atoms with E-state index >= 15 is 0 Å². The number of ether oxygens (including phenoxy) is 1. The second-order valence-corrected chi connectivity index (χ2v) is 17.7. The number of likely N-dealkylation sites (tertiary alicyclic amines) is 1. The normalized spacial score (nSPS) is 23.5. The lowest BCUT2D eigenvalue weighted by Gasteiger charge is -2.37. The summed E-state index contributed by atoms with van der Waals surface area (Å²) >= 11 is 0. The number of Topliss-reactive ketones (excluding diaryl/α,β-unsaturated/α-hetero) is 1. The van der Waals surface area contributed by atoms with Gasteiger partial charge in [-0.25, -0.2) is 4.79 Å². The van der Waals surface area contributed by atoms with E-state index in [1.165, 1.54) is 4.90 Å². The first-order chi connectivity index (χ1) is 25.9. The van der Waals surface area contributed by atoms with Crippen molar-refractivity contribution < 1.29 is 38.3 Å². The number of alkyl carbamates (subject to hydrolysis) is 1. The highest BCUT2D eigenvalue weighted by atomic mass is 16.6. The molecule has 14 nitrogen and oxygen atoms in total. The van der Waals surface area contributed by atoms with E-state index in [1.807, 2.05) is 0 Å². The predicted octanol–water partition coefficient (Wildman–Crippen LogP) is 3.25. The van der Waals surface area contributed by atoms with Crippen LogP contribution in [0.3, 0.4) is 0 Å². The van der Waals surface area contributed by atoms with Gasteiger partial charge in [0.2, 0.25) is 29.4 Å². The van der Waals surface area contributed by atoms with Crippen LogP contribution < -0.4 is 21.3 Å². The van der Waals surface area contributed by atoms with E-state index in [0.29, 0.717) is 12.1 Å². The first-order valence-electron chi connectivity index (χ1n) is 19.9. The van der Waals surface area contributed by atoms with Crippen LogP contribution in [0.4, 0.5) is 4.79 Å². The Morgan fingerprint density at radius 2 is 1.55 bits per heavy atom. The zero-order valence-electron chi connectivity index (χ0n) is 33.4. The van der Waals surface area contributed by atoms with E-state index in [0.717, 1.165) is 51.4 Å². The Kier molecular flexibility index (Phi) is 13.0. The molecule has 14 heteroatoms. The summed E-state index contributed by atoms with van der Waals surface area (Å²) in [5, 5.41) is 10.8. The average Bonchev–Trinajstić information content (AvgIpc) is 3.41. The third-order valence-corrected chi connectivity index (χ3v) is 12.0. The maximum atomic E-state index is 14.5. The van der Waals surface area contributed by atoms with E-state index < -0.39 is 65.9 Å². The zero-order valence-corrected chi connectivity index (χ0v) is 33.4. The van der Waals surface area contributed by atoms with Crippen molar-refractivity contribution in [2.75, 3.05) is 27.2 Å². The fourth-order valence-corrected chi connectivity index (χ4v) is 8.63. The van der Waals surface area contributed by atoms with E-state index in [-0.39, 0.29) is 47.3 Å². The van der Waals surface area contributed by atoms with Gasteiger partial charge in [-0.2, -0.15) is 0 Å². The summed E-state index contributed by atoms with van der Waals surface area (Å²) in [7, 11) is 3.14. The second kappa shape index (κ2) is 17.1. The molecule has 0 aromatic heterocycles. The van der Waals surface area contributed by atoms with Gasteiger partial charge in [0.15, 0.2) is 0 Å². The largest absolute Gasteiger partial charge is 0.444 e. The van der Waals surface area contributed by atoms with Crippen LogP contribution in [-0.2, 0) is 33.5 Å². The monoisotopic (exact) mass is 764 g/mol. The SMILES string of the molecule is CN(C)C(=O)[C@@H](NC(=O)CNC(=O)C(=O)C(CC1CCC1)NC(=O)[C@@H]1C2C(CN1C(=O)[C@@H](NC(=O)OC(C)(C)C)C1CCCCC1)C2(C)C)c1ccccc1. The molecular formula is C41H60N6O8. The number of ketones is 1. The van der Waals surface area contributed by atoms with Crippen LogP contribution >= 0.6 is 0 Å². The molecular weight excluding hydrogens is 704 g/mol. The van der Waals surface area contributed by atoms with Gasteiger partial charge < -0.3 is 35.8 Å². The molecule has 3 unspecified atom stereocenters. The van der Waals surface area contributed by atoms with Crippen molar-refractivity contribution in [1.82, 2.24) is 31.1 Å². The van der Waals surface area contributed by atoms with Gasteiger partial charge in [0, 0.05) is 20.6 Å². The number of nitrogens with zero attached hydrogens (tertiary/aromatic N) is 2. The number of fused-ring (bicyclic) bond motifs is 1. The van der Waals surface area contributed by atoms with Crippen LogP contribution in [0, 0.1) is 29.1 Å². The Balaban J connectivity index is 1.29. The van der Waals surface area contributed by atoms with Crippen molar-refractivity contribution in [2.45, 2.75) is 122 Å². The highest BCUT2D eigenvalue weighted by Gasteiger charge is 2.69. The molecule has 55 heavy (non-hydrogen) atoms. The summed E-state index contributed by atoms with van der Waals surface area (Å²) in [6.45, 7) is 9.17. The standard InChI is InChI=1S/C41H60N6O8/c1-40(2,3)55-39(54)45-32(26-19-12-9-13-20-26)38(53)47-23-27-30(41(27,4)5)33(47)35(50)43-28(21-24-15-14-16-24)34(49)36(51)42-22-29(48)44-31(37(52)46(6)7)25-17-10-8-11-18-25/h8,10-11,17-18,24,26-28,30-33H,9,12-16,19-23H2,1-7H3,(H,42,51)(H,43,50)(H,44,48)(H,45,54)/t27?,28?,30?,31-,32-,33-/m0/s1. The average molecular weight is 765 g/mol. The lowest BCUT2D eigenvalue weighted by atomic mass is 9.80. The van der Waals surface area contributed by atoms with Gasteiger partial charge in [-0.3, -0.25) is 28.8 Å². The molecule has 0 radical (unpaired) electrons. The van der Waals surface area contributed by atoms with Crippen molar-refractivity contribution >= 4 is 41.4 Å². The highest BCUT2D eigenvalue weighted by molar-refractivity contribution is 6.38. The van der Waals surface area contributed by atoms with Crippen molar-refractivity contribution in [1.29, 1.82) is 0 Å². The number of piperidine rings is 1.